The summed E-state index contributed by atoms with van der Waals surface area (Å²) >= 11 is 0. The minimum Gasteiger partial charge on any atom is -0.438 e. The lowest BCUT2D eigenvalue weighted by Crippen LogP contribution is -2.19. The molecule has 0 atom stereocenters. The predicted molar refractivity (Wildman–Crippen MR) is 105 cm³/mol. The molecule has 0 fully saturated rings. The Balaban J connectivity index is 1.85. The van der Waals surface area contributed by atoms with Crippen molar-refractivity contribution in [2.45, 2.75) is 32.6 Å². The van der Waals surface area contributed by atoms with Gasteiger partial charge in [-0.1, -0.05) is 55.8 Å². The highest BCUT2D eigenvalue weighted by Gasteiger charge is 2.23. The number of methoxy groups -OCH3 is 1. The summed E-state index contributed by atoms with van der Waals surface area (Å²) in [6.45, 7) is 6.54. The highest BCUT2D eigenvalue weighted by atomic mass is 16.7. The number of ether oxygens (including phenoxy) is 4. The molecule has 0 N–H and O–H groups in total. The Morgan fingerprint density at radius 3 is 1.86 bits per heavy atom. The summed E-state index contributed by atoms with van der Waals surface area (Å²) in [5, 5.41) is 0. The van der Waals surface area contributed by atoms with E-state index in [1.54, 1.807) is 12.1 Å². The maximum absolute atomic E-state index is 11.7. The predicted octanol–water partition coefficient (Wildman–Crippen LogP) is 5.01. The van der Waals surface area contributed by atoms with Gasteiger partial charge in [0.25, 0.3) is 0 Å². The molecule has 28 heavy (non-hydrogen) atoms. The quantitative estimate of drug-likeness (QED) is 0.378. The lowest BCUT2D eigenvalue weighted by atomic mass is 9.78. The van der Waals surface area contributed by atoms with Gasteiger partial charge in [-0.15, -0.1) is 0 Å². The molecule has 0 amide bonds. The second-order valence-electron chi connectivity index (χ2n) is 6.87. The third kappa shape index (κ3) is 6.01. The van der Waals surface area contributed by atoms with Gasteiger partial charge in [0, 0.05) is 11.8 Å². The van der Waals surface area contributed by atoms with E-state index in [0.717, 1.165) is 5.56 Å². The van der Waals surface area contributed by atoms with E-state index < -0.39 is 12.3 Å². The summed E-state index contributed by atoms with van der Waals surface area (Å²) in [5.74, 6) is 0.402. The fraction of sp³-hybridized carbons (Fsp3) is 0.364. The van der Waals surface area contributed by atoms with E-state index in [1.165, 1.54) is 18.2 Å². The standard InChI is InChI=1S/C22H26O6/c1-16-6-8-17(9-7-16)22(2,3)18-10-12-19(13-11-18)28-21(24)27-15-5-14-26-20(23)25-4/h6-13H,5,14-15H2,1-4H3. The molecule has 150 valence electrons. The van der Waals surface area contributed by atoms with Crippen LogP contribution in [0.15, 0.2) is 48.5 Å². The number of carbonyl (C=O) groups excluding carboxylic acids is 2. The van der Waals surface area contributed by atoms with Gasteiger partial charge in [-0.25, -0.2) is 9.59 Å². The number of aryl methyl sites for hydroxylation is 1. The van der Waals surface area contributed by atoms with Gasteiger partial charge in [-0.3, -0.25) is 0 Å². The molecular weight excluding hydrogens is 360 g/mol. The molecule has 2 rings (SSSR count). The largest absolute Gasteiger partial charge is 0.513 e. The van der Waals surface area contributed by atoms with E-state index in [0.29, 0.717) is 12.2 Å². The monoisotopic (exact) mass is 386 g/mol. The van der Waals surface area contributed by atoms with Crippen LogP contribution in [0, 0.1) is 6.92 Å². The number of hydrogen-bond acceptors (Lipinski definition) is 6. The Kier molecular flexibility index (Phi) is 7.44. The molecule has 2 aromatic rings. The lowest BCUT2D eigenvalue weighted by Gasteiger charge is -2.26. The van der Waals surface area contributed by atoms with E-state index in [9.17, 15) is 9.59 Å². The summed E-state index contributed by atoms with van der Waals surface area (Å²) in [6, 6.07) is 15.8. The third-order valence-electron chi connectivity index (χ3n) is 4.45. The minimum absolute atomic E-state index is 0.0777. The van der Waals surface area contributed by atoms with Crippen molar-refractivity contribution in [1.29, 1.82) is 0 Å². The molecule has 0 aliphatic rings. The highest BCUT2D eigenvalue weighted by Crippen LogP contribution is 2.32. The molecule has 0 aliphatic carbocycles. The summed E-state index contributed by atoms with van der Waals surface area (Å²) in [6.07, 6.45) is -1.21. The van der Waals surface area contributed by atoms with Crippen LogP contribution in [0.3, 0.4) is 0 Å². The molecule has 0 spiro atoms. The van der Waals surface area contributed by atoms with Crippen LogP contribution in [-0.4, -0.2) is 32.6 Å². The first kappa shape index (κ1) is 21.3. The topological polar surface area (TPSA) is 71.1 Å². The van der Waals surface area contributed by atoms with Gasteiger partial charge >= 0.3 is 12.3 Å². The van der Waals surface area contributed by atoms with Gasteiger partial charge in [0.2, 0.25) is 0 Å². The van der Waals surface area contributed by atoms with E-state index in [4.69, 9.17) is 9.47 Å². The molecule has 6 heteroatoms. The fourth-order valence-electron chi connectivity index (χ4n) is 2.63. The van der Waals surface area contributed by atoms with Crippen LogP contribution in [0.25, 0.3) is 0 Å². The Morgan fingerprint density at radius 2 is 1.32 bits per heavy atom. The minimum atomic E-state index is -0.802. The van der Waals surface area contributed by atoms with E-state index in [-0.39, 0.29) is 18.6 Å². The van der Waals surface area contributed by atoms with Crippen molar-refractivity contribution >= 4 is 12.3 Å². The van der Waals surface area contributed by atoms with Gasteiger partial charge in [-0.2, -0.15) is 0 Å². The van der Waals surface area contributed by atoms with Crippen LogP contribution in [0.4, 0.5) is 9.59 Å². The van der Waals surface area contributed by atoms with Crippen molar-refractivity contribution < 1.29 is 28.5 Å². The first-order valence-electron chi connectivity index (χ1n) is 9.06. The summed E-state index contributed by atoms with van der Waals surface area (Å²) < 4.78 is 19.1. The number of rotatable bonds is 7. The zero-order valence-electron chi connectivity index (χ0n) is 16.7. The summed E-state index contributed by atoms with van der Waals surface area (Å²) in [4.78, 5) is 22.5. The Hall–Kier alpha value is -3.02. The molecule has 0 aromatic heterocycles. The summed E-state index contributed by atoms with van der Waals surface area (Å²) in [7, 11) is 1.23. The maximum Gasteiger partial charge on any atom is 0.513 e. The third-order valence-corrected chi connectivity index (χ3v) is 4.45. The first-order valence-corrected chi connectivity index (χ1v) is 9.06. The van der Waals surface area contributed by atoms with Gasteiger partial charge in [0.15, 0.2) is 0 Å². The Labute approximate surface area is 165 Å². The van der Waals surface area contributed by atoms with Gasteiger partial charge in [0.1, 0.15) is 5.75 Å². The van der Waals surface area contributed by atoms with E-state index >= 15 is 0 Å². The second kappa shape index (κ2) is 9.78. The highest BCUT2D eigenvalue weighted by molar-refractivity contribution is 5.63. The van der Waals surface area contributed by atoms with Gasteiger partial charge in [-0.05, 0) is 30.2 Å². The Bertz CT molecular complexity index is 778. The van der Waals surface area contributed by atoms with Crippen molar-refractivity contribution in [2.75, 3.05) is 20.3 Å². The molecule has 0 bridgehead atoms. The SMILES string of the molecule is COC(=O)OCCCOC(=O)Oc1ccc(C(C)(C)c2ccc(C)cc2)cc1. The number of hydrogen-bond donors (Lipinski definition) is 0. The number of carbonyl (C=O) groups is 2. The first-order chi connectivity index (χ1) is 13.3. The van der Waals surface area contributed by atoms with Crippen molar-refractivity contribution in [3.05, 3.63) is 65.2 Å². The fourth-order valence-corrected chi connectivity index (χ4v) is 2.63. The second-order valence-corrected chi connectivity index (χ2v) is 6.87. The van der Waals surface area contributed by atoms with Crippen LogP contribution in [0.5, 0.6) is 5.75 Å². The van der Waals surface area contributed by atoms with Crippen LogP contribution in [0.1, 0.15) is 37.0 Å². The van der Waals surface area contributed by atoms with Crippen LogP contribution < -0.4 is 4.74 Å². The van der Waals surface area contributed by atoms with Crippen LogP contribution >= 0.6 is 0 Å². The van der Waals surface area contributed by atoms with Crippen LogP contribution in [-0.2, 0) is 19.6 Å². The van der Waals surface area contributed by atoms with E-state index in [2.05, 4.69) is 54.5 Å². The smallest absolute Gasteiger partial charge is 0.438 e. The van der Waals surface area contributed by atoms with Gasteiger partial charge < -0.3 is 18.9 Å². The van der Waals surface area contributed by atoms with Crippen molar-refractivity contribution in [3.63, 3.8) is 0 Å². The van der Waals surface area contributed by atoms with Crippen molar-refractivity contribution in [3.8, 4) is 5.75 Å². The average Bonchev–Trinajstić information content (AvgIpc) is 2.68. The summed E-state index contributed by atoms with van der Waals surface area (Å²) in [5.41, 5.74) is 3.36. The van der Waals surface area contributed by atoms with Crippen LogP contribution in [0.2, 0.25) is 0 Å². The maximum atomic E-state index is 11.7. The van der Waals surface area contributed by atoms with Gasteiger partial charge in [0.05, 0.1) is 20.3 Å². The molecule has 2 aromatic carbocycles. The molecule has 0 aliphatic heterocycles. The van der Waals surface area contributed by atoms with Crippen molar-refractivity contribution in [2.24, 2.45) is 0 Å². The lowest BCUT2D eigenvalue weighted by molar-refractivity contribution is 0.0602. The average molecular weight is 386 g/mol. The number of benzene rings is 2. The Morgan fingerprint density at radius 1 is 0.821 bits per heavy atom. The van der Waals surface area contributed by atoms with E-state index in [1.807, 2.05) is 12.1 Å². The van der Waals surface area contributed by atoms with Crippen molar-refractivity contribution in [1.82, 2.24) is 0 Å². The molecule has 6 nitrogen and oxygen atoms in total. The molecule has 0 radical (unpaired) electrons. The molecule has 0 unspecified atom stereocenters. The zero-order chi connectivity index (χ0) is 20.6. The molecule has 0 saturated carbocycles. The molecule has 0 saturated heterocycles. The molecular formula is C22H26O6. The molecule has 0 heterocycles. The zero-order valence-corrected chi connectivity index (χ0v) is 16.7. The normalized spacial score (nSPS) is 10.9.